The van der Waals surface area contributed by atoms with Gasteiger partial charge in [0.05, 0.1) is 22.2 Å². The molecule has 0 saturated carbocycles. The van der Waals surface area contributed by atoms with E-state index in [0.717, 1.165) is 6.20 Å². The van der Waals surface area contributed by atoms with Crippen molar-refractivity contribution in [3.63, 3.8) is 0 Å². The molecule has 0 aliphatic heterocycles. The Kier molecular flexibility index (Phi) is 4.14. The third-order valence-corrected chi connectivity index (χ3v) is 4.17. The normalized spacial score (nSPS) is 10.7. The molecule has 1 aromatic carbocycles. The average molecular weight is 380 g/mol. The van der Waals surface area contributed by atoms with Crippen LogP contribution < -0.4 is 5.32 Å². The van der Waals surface area contributed by atoms with Gasteiger partial charge in [0.15, 0.2) is 5.82 Å². The minimum Gasteiger partial charge on any atom is -0.324 e. The largest absolute Gasteiger partial charge is 0.324 e. The number of pyridine rings is 1. The Balaban J connectivity index is 1.88. The number of aryl methyl sites for hydroxylation is 1. The van der Waals surface area contributed by atoms with Crippen LogP contribution in [0, 0.1) is 24.1 Å². The Morgan fingerprint density at radius 1 is 1.26 bits per heavy atom. The second-order valence-electron chi connectivity index (χ2n) is 5.65. The smallest absolute Gasteiger partial charge is 0.169 e. The van der Waals surface area contributed by atoms with Crippen molar-refractivity contribution in [2.75, 3.05) is 5.32 Å². The summed E-state index contributed by atoms with van der Waals surface area (Å²) >= 11 is 6.24. The monoisotopic (exact) mass is 379 g/mol. The SMILES string of the molecule is Cc1nccc(Nc2ncc(F)c3nn(-c4c(Cl)cccc4C#N)cc23)n1. The third-order valence-electron chi connectivity index (χ3n) is 3.86. The van der Waals surface area contributed by atoms with Crippen LogP contribution in [0.5, 0.6) is 0 Å². The van der Waals surface area contributed by atoms with Crippen LogP contribution >= 0.6 is 11.6 Å². The molecule has 4 aromatic rings. The predicted molar refractivity (Wildman–Crippen MR) is 98.6 cm³/mol. The first-order chi connectivity index (χ1) is 13.1. The molecule has 0 fully saturated rings. The van der Waals surface area contributed by atoms with Gasteiger partial charge in [-0.05, 0) is 25.1 Å². The number of hydrogen-bond donors (Lipinski definition) is 1. The minimum atomic E-state index is -0.585. The number of para-hydroxylation sites is 1. The molecule has 0 aliphatic carbocycles. The highest BCUT2D eigenvalue weighted by molar-refractivity contribution is 6.32. The number of hydrogen-bond acceptors (Lipinski definition) is 6. The summed E-state index contributed by atoms with van der Waals surface area (Å²) in [4.78, 5) is 12.4. The fourth-order valence-corrected chi connectivity index (χ4v) is 2.94. The molecule has 0 saturated heterocycles. The average Bonchev–Trinajstić information content (AvgIpc) is 3.10. The first-order valence-electron chi connectivity index (χ1n) is 7.86. The zero-order chi connectivity index (χ0) is 19.0. The topological polar surface area (TPSA) is 92.3 Å². The van der Waals surface area contributed by atoms with Gasteiger partial charge in [-0.2, -0.15) is 10.4 Å². The molecule has 27 heavy (non-hydrogen) atoms. The molecule has 7 nitrogen and oxygen atoms in total. The van der Waals surface area contributed by atoms with E-state index in [1.54, 1.807) is 43.6 Å². The summed E-state index contributed by atoms with van der Waals surface area (Å²) < 4.78 is 15.7. The molecule has 9 heteroatoms. The second-order valence-corrected chi connectivity index (χ2v) is 6.06. The molecule has 1 N–H and O–H groups in total. The Labute approximate surface area is 158 Å². The number of rotatable bonds is 3. The van der Waals surface area contributed by atoms with E-state index >= 15 is 0 Å². The number of nitriles is 1. The van der Waals surface area contributed by atoms with Crippen molar-refractivity contribution in [2.24, 2.45) is 0 Å². The molecule has 0 bridgehead atoms. The molecule has 0 aliphatic rings. The van der Waals surface area contributed by atoms with E-state index < -0.39 is 5.82 Å². The summed E-state index contributed by atoms with van der Waals surface area (Å²) in [6.07, 6.45) is 4.26. The highest BCUT2D eigenvalue weighted by Crippen LogP contribution is 2.29. The molecular formula is C18H11ClFN7. The molecule has 0 spiro atoms. The highest BCUT2D eigenvalue weighted by atomic mass is 35.5. The van der Waals surface area contributed by atoms with Crippen LogP contribution in [-0.4, -0.2) is 24.7 Å². The first kappa shape index (κ1) is 16.9. The van der Waals surface area contributed by atoms with E-state index in [1.165, 1.54) is 4.68 Å². The van der Waals surface area contributed by atoms with Gasteiger partial charge in [0.1, 0.15) is 34.7 Å². The summed E-state index contributed by atoms with van der Waals surface area (Å²) in [6.45, 7) is 1.76. The number of aromatic nitrogens is 5. The van der Waals surface area contributed by atoms with Crippen LogP contribution in [0.1, 0.15) is 11.4 Å². The number of fused-ring (bicyclic) bond motifs is 1. The summed E-state index contributed by atoms with van der Waals surface area (Å²) in [5, 5.41) is 17.4. The Hall–Kier alpha value is -3.57. The zero-order valence-electron chi connectivity index (χ0n) is 14.0. The minimum absolute atomic E-state index is 0.0992. The quantitative estimate of drug-likeness (QED) is 0.579. The maximum absolute atomic E-state index is 14.3. The Morgan fingerprint density at radius 3 is 2.89 bits per heavy atom. The summed E-state index contributed by atoms with van der Waals surface area (Å²) in [7, 11) is 0. The maximum Gasteiger partial charge on any atom is 0.169 e. The number of anilines is 2. The highest BCUT2D eigenvalue weighted by Gasteiger charge is 2.17. The van der Waals surface area contributed by atoms with Crippen molar-refractivity contribution >= 4 is 34.1 Å². The summed E-state index contributed by atoms with van der Waals surface area (Å²) in [6, 6.07) is 8.67. The van der Waals surface area contributed by atoms with Gasteiger partial charge in [-0.15, -0.1) is 0 Å². The molecule has 0 atom stereocenters. The lowest BCUT2D eigenvalue weighted by atomic mass is 10.2. The Bertz CT molecular complexity index is 1210. The molecule has 3 heterocycles. The van der Waals surface area contributed by atoms with Crippen molar-refractivity contribution in [1.29, 1.82) is 5.26 Å². The van der Waals surface area contributed by atoms with Crippen molar-refractivity contribution in [3.05, 3.63) is 65.1 Å². The van der Waals surface area contributed by atoms with Gasteiger partial charge in [-0.3, -0.25) is 0 Å². The molecule has 4 rings (SSSR count). The van der Waals surface area contributed by atoms with Crippen LogP contribution in [0.25, 0.3) is 16.6 Å². The van der Waals surface area contributed by atoms with E-state index in [2.05, 4.69) is 31.4 Å². The lowest BCUT2D eigenvalue weighted by molar-refractivity contribution is 0.629. The Morgan fingerprint density at radius 2 is 2.11 bits per heavy atom. The van der Waals surface area contributed by atoms with Gasteiger partial charge >= 0.3 is 0 Å². The molecule has 0 unspecified atom stereocenters. The van der Waals surface area contributed by atoms with E-state index in [9.17, 15) is 9.65 Å². The van der Waals surface area contributed by atoms with Gasteiger partial charge in [0.2, 0.25) is 0 Å². The maximum atomic E-state index is 14.3. The van der Waals surface area contributed by atoms with Crippen molar-refractivity contribution < 1.29 is 4.39 Å². The van der Waals surface area contributed by atoms with E-state index in [-0.39, 0.29) is 5.52 Å². The van der Waals surface area contributed by atoms with Gasteiger partial charge in [-0.1, -0.05) is 17.7 Å². The molecule has 3 aromatic heterocycles. The zero-order valence-corrected chi connectivity index (χ0v) is 14.7. The molecule has 0 radical (unpaired) electrons. The summed E-state index contributed by atoms with van der Waals surface area (Å²) in [5.41, 5.74) is 0.799. The van der Waals surface area contributed by atoms with Crippen molar-refractivity contribution in [1.82, 2.24) is 24.7 Å². The lowest BCUT2D eigenvalue weighted by Crippen LogP contribution is -1.99. The van der Waals surface area contributed by atoms with Gasteiger partial charge in [-0.25, -0.2) is 24.0 Å². The van der Waals surface area contributed by atoms with Crippen LogP contribution in [0.2, 0.25) is 5.02 Å². The van der Waals surface area contributed by atoms with Crippen molar-refractivity contribution in [2.45, 2.75) is 6.92 Å². The van der Waals surface area contributed by atoms with Crippen LogP contribution in [0.15, 0.2) is 42.9 Å². The molecular weight excluding hydrogens is 369 g/mol. The predicted octanol–water partition coefficient (Wildman–Crippen LogP) is 3.93. The fraction of sp³-hybridized carbons (Fsp3) is 0.0556. The molecule has 132 valence electrons. The van der Waals surface area contributed by atoms with E-state index in [4.69, 9.17) is 11.6 Å². The van der Waals surface area contributed by atoms with Gasteiger partial charge in [0.25, 0.3) is 0 Å². The van der Waals surface area contributed by atoms with Crippen LogP contribution in [-0.2, 0) is 0 Å². The van der Waals surface area contributed by atoms with Crippen LogP contribution in [0.3, 0.4) is 0 Å². The van der Waals surface area contributed by atoms with E-state index in [0.29, 0.717) is 39.1 Å². The van der Waals surface area contributed by atoms with E-state index in [1.807, 2.05) is 0 Å². The number of nitrogens with one attached hydrogen (secondary N) is 1. The second kappa shape index (κ2) is 6.63. The number of nitrogens with zero attached hydrogens (tertiary/aromatic N) is 6. The van der Waals surface area contributed by atoms with Crippen molar-refractivity contribution in [3.8, 4) is 11.8 Å². The number of benzene rings is 1. The fourth-order valence-electron chi connectivity index (χ4n) is 2.68. The van der Waals surface area contributed by atoms with Gasteiger partial charge < -0.3 is 5.32 Å². The van der Waals surface area contributed by atoms with Crippen LogP contribution in [0.4, 0.5) is 16.0 Å². The number of halogens is 2. The molecule has 0 amide bonds. The first-order valence-corrected chi connectivity index (χ1v) is 8.24. The lowest BCUT2D eigenvalue weighted by Gasteiger charge is -2.06. The summed E-state index contributed by atoms with van der Waals surface area (Å²) in [5.74, 6) is 0.898. The standard InChI is InChI=1S/C18H11ClFN7/c1-10-22-6-5-15(24-10)25-18-12-9-27(26-16(12)14(20)8-23-18)17-11(7-21)3-2-4-13(17)19/h2-6,8-9H,1H3,(H,22,23,24,25). The third kappa shape index (κ3) is 3.05. The van der Waals surface area contributed by atoms with Gasteiger partial charge in [0, 0.05) is 12.4 Å².